The number of nitriles is 1. The molecule has 2 fully saturated rings. The van der Waals surface area contributed by atoms with Crippen LogP contribution in [-0.2, 0) is 0 Å². The zero-order valence-electron chi connectivity index (χ0n) is 8.67. The zero-order valence-corrected chi connectivity index (χ0v) is 8.67. The first-order valence-corrected chi connectivity index (χ1v) is 5.29. The standard InChI is InChI=1S/C10H13F3N2O/c11-10(12,13)6-15-7-1-2-9(15,5-14)4-8(16)3-7/h7-8,16H,1-4,6H2. The van der Waals surface area contributed by atoms with E-state index in [2.05, 4.69) is 0 Å². The van der Waals surface area contributed by atoms with Crippen LogP contribution >= 0.6 is 0 Å². The third kappa shape index (κ3) is 1.89. The summed E-state index contributed by atoms with van der Waals surface area (Å²) in [5, 5.41) is 18.6. The third-order valence-electron chi connectivity index (χ3n) is 3.56. The molecule has 16 heavy (non-hydrogen) atoms. The van der Waals surface area contributed by atoms with Crippen LogP contribution in [0.15, 0.2) is 0 Å². The number of alkyl halides is 3. The lowest BCUT2D eigenvalue weighted by molar-refractivity contribution is -0.164. The summed E-state index contributed by atoms with van der Waals surface area (Å²) in [6.07, 6.45) is -3.44. The van der Waals surface area contributed by atoms with Crippen LogP contribution in [0, 0.1) is 11.3 Å². The number of aliphatic hydroxyl groups excluding tert-OH is 1. The van der Waals surface area contributed by atoms with Crippen molar-refractivity contribution in [1.29, 1.82) is 5.26 Å². The highest BCUT2D eigenvalue weighted by atomic mass is 19.4. The van der Waals surface area contributed by atoms with E-state index < -0.39 is 24.4 Å². The van der Waals surface area contributed by atoms with Crippen molar-refractivity contribution in [2.75, 3.05) is 6.54 Å². The minimum Gasteiger partial charge on any atom is -0.393 e. The molecular weight excluding hydrogens is 221 g/mol. The van der Waals surface area contributed by atoms with E-state index in [-0.39, 0.29) is 12.5 Å². The summed E-state index contributed by atoms with van der Waals surface area (Å²) in [4.78, 5) is 1.24. The fourth-order valence-electron chi connectivity index (χ4n) is 2.95. The Balaban J connectivity index is 2.22. The second-order valence-corrected chi connectivity index (χ2v) is 4.67. The highest BCUT2D eigenvalue weighted by Crippen LogP contribution is 2.45. The first kappa shape index (κ1) is 11.7. The van der Waals surface area contributed by atoms with Crippen LogP contribution in [0.2, 0.25) is 0 Å². The number of nitrogens with zero attached hydrogens (tertiary/aromatic N) is 2. The van der Waals surface area contributed by atoms with E-state index in [1.54, 1.807) is 0 Å². The number of hydrogen-bond acceptors (Lipinski definition) is 3. The second kappa shape index (κ2) is 3.60. The van der Waals surface area contributed by atoms with Gasteiger partial charge in [0, 0.05) is 12.5 Å². The summed E-state index contributed by atoms with van der Waals surface area (Å²) in [6, 6.07) is 1.68. The molecule has 0 radical (unpaired) electrons. The Morgan fingerprint density at radius 3 is 2.75 bits per heavy atom. The van der Waals surface area contributed by atoms with E-state index in [1.165, 1.54) is 4.90 Å². The summed E-state index contributed by atoms with van der Waals surface area (Å²) >= 11 is 0. The molecule has 0 aromatic heterocycles. The molecule has 0 aromatic rings. The SMILES string of the molecule is N#CC12CCC(CC(O)C1)N2CC(F)(F)F. The monoisotopic (exact) mass is 234 g/mol. The minimum atomic E-state index is -4.28. The molecule has 2 heterocycles. The molecule has 0 saturated carbocycles. The van der Waals surface area contributed by atoms with Crippen molar-refractivity contribution in [2.45, 2.75) is 49.5 Å². The number of piperidine rings is 1. The topological polar surface area (TPSA) is 47.3 Å². The van der Waals surface area contributed by atoms with Crippen molar-refractivity contribution in [2.24, 2.45) is 0 Å². The van der Waals surface area contributed by atoms with Gasteiger partial charge >= 0.3 is 6.18 Å². The molecule has 2 bridgehead atoms. The lowest BCUT2D eigenvalue weighted by Gasteiger charge is -2.42. The van der Waals surface area contributed by atoms with Gasteiger partial charge in [-0.3, -0.25) is 4.90 Å². The maximum absolute atomic E-state index is 12.4. The summed E-state index contributed by atoms with van der Waals surface area (Å²) < 4.78 is 37.2. The van der Waals surface area contributed by atoms with Crippen molar-refractivity contribution in [3.63, 3.8) is 0 Å². The Morgan fingerprint density at radius 1 is 1.50 bits per heavy atom. The van der Waals surface area contributed by atoms with Gasteiger partial charge in [-0.2, -0.15) is 18.4 Å². The first-order chi connectivity index (χ1) is 7.36. The molecule has 6 heteroatoms. The fourth-order valence-corrected chi connectivity index (χ4v) is 2.95. The van der Waals surface area contributed by atoms with Crippen LogP contribution in [0.5, 0.6) is 0 Å². The maximum Gasteiger partial charge on any atom is 0.401 e. The van der Waals surface area contributed by atoms with E-state index in [0.717, 1.165) is 0 Å². The lowest BCUT2D eigenvalue weighted by atomic mass is 9.88. The summed E-state index contributed by atoms with van der Waals surface area (Å²) in [5.74, 6) is 0. The third-order valence-corrected chi connectivity index (χ3v) is 3.56. The van der Waals surface area contributed by atoms with Gasteiger partial charge in [-0.25, -0.2) is 0 Å². The number of halogens is 3. The maximum atomic E-state index is 12.4. The molecule has 3 unspecified atom stereocenters. The molecule has 2 saturated heterocycles. The highest BCUT2D eigenvalue weighted by Gasteiger charge is 2.54. The Bertz CT molecular complexity index is 325. The van der Waals surface area contributed by atoms with Gasteiger partial charge in [0.05, 0.1) is 18.7 Å². The number of hydrogen-bond donors (Lipinski definition) is 1. The Kier molecular flexibility index (Phi) is 2.63. The van der Waals surface area contributed by atoms with Crippen LogP contribution < -0.4 is 0 Å². The first-order valence-electron chi connectivity index (χ1n) is 5.29. The smallest absolute Gasteiger partial charge is 0.393 e. The van der Waals surface area contributed by atoms with Crippen LogP contribution in [0.1, 0.15) is 25.7 Å². The molecule has 2 aliphatic rings. The van der Waals surface area contributed by atoms with E-state index in [9.17, 15) is 18.3 Å². The molecule has 3 nitrogen and oxygen atoms in total. The van der Waals surface area contributed by atoms with Gasteiger partial charge in [-0.05, 0) is 19.3 Å². The molecular formula is C10H13F3N2O. The zero-order chi connectivity index (χ0) is 12.0. The van der Waals surface area contributed by atoms with Crippen molar-refractivity contribution in [3.8, 4) is 6.07 Å². The average Bonchev–Trinajstić information content (AvgIpc) is 2.39. The Hall–Kier alpha value is -0.800. The van der Waals surface area contributed by atoms with Gasteiger partial charge in [-0.15, -0.1) is 0 Å². The minimum absolute atomic E-state index is 0.135. The molecule has 90 valence electrons. The fraction of sp³-hybridized carbons (Fsp3) is 0.900. The van der Waals surface area contributed by atoms with Crippen molar-refractivity contribution >= 4 is 0 Å². The second-order valence-electron chi connectivity index (χ2n) is 4.67. The molecule has 0 spiro atoms. The Morgan fingerprint density at radius 2 is 2.19 bits per heavy atom. The molecule has 0 aromatic carbocycles. The van der Waals surface area contributed by atoms with Gasteiger partial charge in [0.2, 0.25) is 0 Å². The summed E-state index contributed by atoms with van der Waals surface area (Å²) in [6.45, 7) is -1.04. The summed E-state index contributed by atoms with van der Waals surface area (Å²) in [5.41, 5.74) is -1.10. The molecule has 2 rings (SSSR count). The summed E-state index contributed by atoms with van der Waals surface area (Å²) in [7, 11) is 0. The number of fused-ring (bicyclic) bond motifs is 2. The lowest BCUT2D eigenvalue weighted by Crippen LogP contribution is -2.56. The van der Waals surface area contributed by atoms with Crippen LogP contribution in [-0.4, -0.2) is 40.4 Å². The van der Waals surface area contributed by atoms with Gasteiger partial charge in [0.25, 0.3) is 0 Å². The molecule has 0 amide bonds. The molecule has 1 N–H and O–H groups in total. The largest absolute Gasteiger partial charge is 0.401 e. The van der Waals surface area contributed by atoms with Crippen molar-refractivity contribution in [1.82, 2.24) is 4.90 Å². The van der Waals surface area contributed by atoms with Gasteiger partial charge in [-0.1, -0.05) is 0 Å². The van der Waals surface area contributed by atoms with E-state index >= 15 is 0 Å². The predicted octanol–water partition coefficient (Wildman–Crippen LogP) is 1.43. The van der Waals surface area contributed by atoms with Crippen molar-refractivity contribution in [3.05, 3.63) is 0 Å². The normalized spacial score (nSPS) is 39.7. The van der Waals surface area contributed by atoms with Gasteiger partial charge in [0.15, 0.2) is 0 Å². The van der Waals surface area contributed by atoms with E-state index in [1.807, 2.05) is 6.07 Å². The van der Waals surface area contributed by atoms with Gasteiger partial charge in [0.1, 0.15) is 5.54 Å². The van der Waals surface area contributed by atoms with Crippen LogP contribution in [0.3, 0.4) is 0 Å². The van der Waals surface area contributed by atoms with Crippen molar-refractivity contribution < 1.29 is 18.3 Å². The number of rotatable bonds is 1. The van der Waals surface area contributed by atoms with Crippen LogP contribution in [0.4, 0.5) is 13.2 Å². The average molecular weight is 234 g/mol. The van der Waals surface area contributed by atoms with E-state index in [4.69, 9.17) is 5.26 Å². The molecule has 3 atom stereocenters. The molecule has 2 aliphatic heterocycles. The van der Waals surface area contributed by atoms with E-state index in [0.29, 0.717) is 19.3 Å². The number of aliphatic hydroxyl groups is 1. The highest BCUT2D eigenvalue weighted by molar-refractivity contribution is 5.18. The van der Waals surface area contributed by atoms with Gasteiger partial charge < -0.3 is 5.11 Å². The Labute approximate surface area is 91.5 Å². The predicted molar refractivity (Wildman–Crippen MR) is 49.4 cm³/mol. The quantitative estimate of drug-likeness (QED) is 0.746. The molecule has 0 aliphatic carbocycles. The van der Waals surface area contributed by atoms with Crippen LogP contribution in [0.25, 0.3) is 0 Å².